The van der Waals surface area contributed by atoms with Crippen LogP contribution in [0.25, 0.3) is 0 Å². The first-order valence-electron chi connectivity index (χ1n) is 4.01. The van der Waals surface area contributed by atoms with Crippen LogP contribution in [0.4, 0.5) is 0 Å². The van der Waals surface area contributed by atoms with Crippen molar-refractivity contribution in [2.24, 2.45) is 5.92 Å². The van der Waals surface area contributed by atoms with Crippen LogP contribution in [0.15, 0.2) is 36.4 Å². The van der Waals surface area contributed by atoms with Gasteiger partial charge in [0.25, 0.3) is 0 Å². The Morgan fingerprint density at radius 2 is 1.07 bits per heavy atom. The molecule has 1 rings (SSSR count). The minimum absolute atomic E-state index is 1.12. The zero-order chi connectivity index (χ0) is 11.0. The molecule has 0 amide bonds. The zero-order valence-corrected chi connectivity index (χ0v) is 7.75. The largest absolute Gasteiger partial charge is 0.481 e. The molecule has 2 N–H and O–H groups in total. The van der Waals surface area contributed by atoms with Gasteiger partial charge in [0.15, 0.2) is 5.92 Å². The van der Waals surface area contributed by atoms with E-state index < -0.39 is 17.9 Å². The van der Waals surface area contributed by atoms with Crippen LogP contribution in [0.5, 0.6) is 0 Å². The minimum atomic E-state index is -1.31. The molecule has 0 aliphatic heterocycles. The summed E-state index contributed by atoms with van der Waals surface area (Å²) in [4.78, 5) is 19.5. The molecule has 1 aromatic rings. The average molecular weight is 196 g/mol. The fourth-order valence-corrected chi connectivity index (χ4v) is 0.491. The van der Waals surface area contributed by atoms with E-state index >= 15 is 0 Å². The zero-order valence-electron chi connectivity index (χ0n) is 7.75. The van der Waals surface area contributed by atoms with Crippen LogP contribution in [0.2, 0.25) is 0 Å². The van der Waals surface area contributed by atoms with Gasteiger partial charge in [0.2, 0.25) is 0 Å². The van der Waals surface area contributed by atoms with Gasteiger partial charge in [-0.15, -0.1) is 0 Å². The van der Waals surface area contributed by atoms with E-state index in [2.05, 4.69) is 0 Å². The number of aliphatic carboxylic acids is 2. The summed E-state index contributed by atoms with van der Waals surface area (Å²) in [7, 11) is 0. The molecule has 0 radical (unpaired) electrons. The molecule has 0 fully saturated rings. The van der Waals surface area contributed by atoms with Gasteiger partial charge in [-0.25, -0.2) is 0 Å². The SMILES string of the molecule is CC(C(=O)O)C(=O)O.c1ccccc1. The van der Waals surface area contributed by atoms with Crippen molar-refractivity contribution in [3.05, 3.63) is 36.4 Å². The second-order valence-corrected chi connectivity index (χ2v) is 2.55. The van der Waals surface area contributed by atoms with E-state index in [0.29, 0.717) is 0 Å². The summed E-state index contributed by atoms with van der Waals surface area (Å²) in [6.45, 7) is 1.12. The van der Waals surface area contributed by atoms with Gasteiger partial charge in [0.1, 0.15) is 0 Å². The monoisotopic (exact) mass is 196 g/mol. The highest BCUT2D eigenvalue weighted by Crippen LogP contribution is 1.91. The summed E-state index contributed by atoms with van der Waals surface area (Å²) in [6.07, 6.45) is 0. The second-order valence-electron chi connectivity index (χ2n) is 2.55. The maximum atomic E-state index is 9.76. The lowest BCUT2D eigenvalue weighted by molar-refractivity contribution is -0.153. The Balaban J connectivity index is 0.000000249. The molecule has 0 spiro atoms. The van der Waals surface area contributed by atoms with Gasteiger partial charge in [-0.1, -0.05) is 36.4 Å². The summed E-state index contributed by atoms with van der Waals surface area (Å²) in [5.41, 5.74) is 0. The van der Waals surface area contributed by atoms with E-state index in [1.807, 2.05) is 36.4 Å². The molecule has 0 bridgehead atoms. The second kappa shape index (κ2) is 6.65. The lowest BCUT2D eigenvalue weighted by Crippen LogP contribution is -2.19. The number of carboxylic acids is 2. The van der Waals surface area contributed by atoms with Crippen molar-refractivity contribution >= 4 is 11.9 Å². The molecule has 0 saturated carbocycles. The third-order valence-electron chi connectivity index (χ3n) is 1.41. The van der Waals surface area contributed by atoms with Crippen LogP contribution in [0, 0.1) is 5.92 Å². The smallest absolute Gasteiger partial charge is 0.317 e. The number of rotatable bonds is 2. The lowest BCUT2D eigenvalue weighted by Gasteiger charge is -1.94. The van der Waals surface area contributed by atoms with Crippen molar-refractivity contribution in [2.45, 2.75) is 6.92 Å². The number of hydrogen-bond acceptors (Lipinski definition) is 2. The van der Waals surface area contributed by atoms with Gasteiger partial charge in [0, 0.05) is 0 Å². The van der Waals surface area contributed by atoms with Crippen molar-refractivity contribution in [1.82, 2.24) is 0 Å². The first-order valence-corrected chi connectivity index (χ1v) is 4.01. The minimum Gasteiger partial charge on any atom is -0.481 e. The van der Waals surface area contributed by atoms with Crippen molar-refractivity contribution in [3.63, 3.8) is 0 Å². The predicted molar refractivity (Wildman–Crippen MR) is 50.9 cm³/mol. The molecular weight excluding hydrogens is 184 g/mol. The van der Waals surface area contributed by atoms with Gasteiger partial charge in [-0.2, -0.15) is 0 Å². The standard InChI is InChI=1S/C6H6.C4H6O4/c1-2-4-6-5-3-1;1-2(3(5)6)4(7)8/h1-6H;2H,1H3,(H,5,6)(H,7,8). The van der Waals surface area contributed by atoms with Gasteiger partial charge in [-0.3, -0.25) is 9.59 Å². The molecule has 0 heterocycles. The number of hydrogen-bond donors (Lipinski definition) is 2. The van der Waals surface area contributed by atoms with Crippen LogP contribution < -0.4 is 0 Å². The molecular formula is C10H12O4. The van der Waals surface area contributed by atoms with E-state index in [0.717, 1.165) is 6.92 Å². The molecule has 0 unspecified atom stereocenters. The molecule has 0 atom stereocenters. The summed E-state index contributed by atoms with van der Waals surface area (Å²) in [5.74, 6) is -3.91. The van der Waals surface area contributed by atoms with E-state index in [-0.39, 0.29) is 0 Å². The Labute approximate surface area is 81.8 Å². The van der Waals surface area contributed by atoms with Crippen LogP contribution in [-0.2, 0) is 9.59 Å². The van der Waals surface area contributed by atoms with Gasteiger partial charge in [0.05, 0.1) is 0 Å². The Hall–Kier alpha value is -1.84. The van der Waals surface area contributed by atoms with Crippen LogP contribution in [0.3, 0.4) is 0 Å². The fourth-order valence-electron chi connectivity index (χ4n) is 0.491. The highest BCUT2D eigenvalue weighted by atomic mass is 16.4. The lowest BCUT2D eigenvalue weighted by atomic mass is 10.2. The average Bonchev–Trinajstić information content (AvgIpc) is 2.20. The molecule has 76 valence electrons. The van der Waals surface area contributed by atoms with E-state index in [1.54, 1.807) is 0 Å². The number of benzene rings is 1. The van der Waals surface area contributed by atoms with E-state index in [9.17, 15) is 9.59 Å². The number of carbonyl (C=O) groups is 2. The van der Waals surface area contributed by atoms with Crippen molar-refractivity contribution in [2.75, 3.05) is 0 Å². The van der Waals surface area contributed by atoms with E-state index in [4.69, 9.17) is 10.2 Å². The highest BCUT2D eigenvalue weighted by Gasteiger charge is 2.18. The van der Waals surface area contributed by atoms with Crippen molar-refractivity contribution in [1.29, 1.82) is 0 Å². The molecule has 4 heteroatoms. The topological polar surface area (TPSA) is 74.6 Å². The number of carboxylic acid groups (broad SMARTS) is 2. The summed E-state index contributed by atoms with van der Waals surface area (Å²) < 4.78 is 0. The molecule has 0 aromatic heterocycles. The molecule has 14 heavy (non-hydrogen) atoms. The van der Waals surface area contributed by atoms with Crippen LogP contribution >= 0.6 is 0 Å². The van der Waals surface area contributed by atoms with Crippen LogP contribution in [-0.4, -0.2) is 22.2 Å². The third-order valence-corrected chi connectivity index (χ3v) is 1.41. The fraction of sp³-hybridized carbons (Fsp3) is 0.200. The van der Waals surface area contributed by atoms with Crippen molar-refractivity contribution < 1.29 is 19.8 Å². The van der Waals surface area contributed by atoms with Gasteiger partial charge >= 0.3 is 11.9 Å². The molecule has 1 aromatic carbocycles. The summed E-state index contributed by atoms with van der Waals surface area (Å²) in [5, 5.41) is 15.9. The third kappa shape index (κ3) is 5.77. The summed E-state index contributed by atoms with van der Waals surface area (Å²) in [6, 6.07) is 12.0. The Bertz CT molecular complexity index is 241. The van der Waals surface area contributed by atoms with Crippen molar-refractivity contribution in [3.8, 4) is 0 Å². The molecule has 0 aliphatic carbocycles. The maximum Gasteiger partial charge on any atom is 0.317 e. The molecule has 0 aliphatic rings. The predicted octanol–water partition coefficient (Wildman–Crippen LogP) is 1.48. The van der Waals surface area contributed by atoms with Gasteiger partial charge in [-0.05, 0) is 6.92 Å². The normalized spacial score (nSPS) is 8.71. The Morgan fingerprint density at radius 3 is 1.14 bits per heavy atom. The Morgan fingerprint density at radius 1 is 0.857 bits per heavy atom. The molecule has 4 nitrogen and oxygen atoms in total. The summed E-state index contributed by atoms with van der Waals surface area (Å²) >= 11 is 0. The van der Waals surface area contributed by atoms with Crippen LogP contribution in [0.1, 0.15) is 6.92 Å². The highest BCUT2D eigenvalue weighted by molar-refractivity contribution is 5.92. The van der Waals surface area contributed by atoms with Gasteiger partial charge < -0.3 is 10.2 Å². The quantitative estimate of drug-likeness (QED) is 0.702. The van der Waals surface area contributed by atoms with E-state index in [1.165, 1.54) is 0 Å². The first-order chi connectivity index (χ1) is 6.55. The maximum absolute atomic E-state index is 9.76. The first kappa shape index (κ1) is 12.2. The molecule has 0 saturated heterocycles. The Kier molecular flexibility index (Phi) is 5.78.